The normalized spacial score (nSPS) is 17.2. The van der Waals surface area contributed by atoms with Gasteiger partial charge in [0, 0.05) is 23.1 Å². The van der Waals surface area contributed by atoms with E-state index in [0.29, 0.717) is 6.04 Å². The molecule has 1 heterocycles. The SMILES string of the molecule is CC(Oc1ccc2[nH]ccc2c1)C(=O)NC1CCCC1. The molecule has 0 bridgehead atoms. The number of benzene rings is 1. The quantitative estimate of drug-likeness (QED) is 0.899. The summed E-state index contributed by atoms with van der Waals surface area (Å²) < 4.78 is 5.74. The van der Waals surface area contributed by atoms with Gasteiger partial charge in [-0.05, 0) is 44.0 Å². The van der Waals surface area contributed by atoms with Crippen molar-refractivity contribution in [3.8, 4) is 5.75 Å². The molecule has 0 saturated heterocycles. The van der Waals surface area contributed by atoms with E-state index in [-0.39, 0.29) is 5.91 Å². The Morgan fingerprint density at radius 1 is 1.35 bits per heavy atom. The Balaban J connectivity index is 1.61. The average molecular weight is 272 g/mol. The second-order valence-corrected chi connectivity index (χ2v) is 5.48. The average Bonchev–Trinajstić information content (AvgIpc) is 3.08. The molecule has 1 unspecified atom stereocenters. The molecule has 1 aliphatic rings. The van der Waals surface area contributed by atoms with E-state index < -0.39 is 6.10 Å². The Bertz CT molecular complexity index is 599. The van der Waals surface area contributed by atoms with Gasteiger partial charge < -0.3 is 15.0 Å². The third kappa shape index (κ3) is 2.79. The molecule has 0 radical (unpaired) electrons. The lowest BCUT2D eigenvalue weighted by atomic mass is 10.2. The first-order valence-electron chi connectivity index (χ1n) is 7.26. The van der Waals surface area contributed by atoms with Gasteiger partial charge in [0.2, 0.25) is 0 Å². The number of hydrogen-bond donors (Lipinski definition) is 2. The number of hydrogen-bond acceptors (Lipinski definition) is 2. The van der Waals surface area contributed by atoms with Gasteiger partial charge >= 0.3 is 0 Å². The van der Waals surface area contributed by atoms with Crippen molar-refractivity contribution in [2.24, 2.45) is 0 Å². The molecule has 2 N–H and O–H groups in total. The first kappa shape index (κ1) is 13.0. The van der Waals surface area contributed by atoms with Crippen LogP contribution in [0.3, 0.4) is 0 Å². The van der Waals surface area contributed by atoms with Gasteiger partial charge in [-0.3, -0.25) is 4.79 Å². The van der Waals surface area contributed by atoms with E-state index >= 15 is 0 Å². The van der Waals surface area contributed by atoms with Gasteiger partial charge in [-0.2, -0.15) is 0 Å². The fraction of sp³-hybridized carbons (Fsp3) is 0.438. The van der Waals surface area contributed by atoms with Crippen molar-refractivity contribution < 1.29 is 9.53 Å². The van der Waals surface area contributed by atoms with Crippen molar-refractivity contribution >= 4 is 16.8 Å². The molecule has 106 valence electrons. The number of carbonyl (C=O) groups excluding carboxylic acids is 1. The molecule has 1 amide bonds. The van der Waals surface area contributed by atoms with Crippen LogP contribution >= 0.6 is 0 Å². The van der Waals surface area contributed by atoms with Crippen LogP contribution in [0.5, 0.6) is 5.75 Å². The molecule has 1 fully saturated rings. The van der Waals surface area contributed by atoms with Crippen LogP contribution in [-0.2, 0) is 4.79 Å². The Labute approximate surface area is 118 Å². The van der Waals surface area contributed by atoms with E-state index in [1.165, 1.54) is 12.8 Å². The fourth-order valence-electron chi connectivity index (χ4n) is 2.75. The fourth-order valence-corrected chi connectivity index (χ4v) is 2.75. The third-order valence-electron chi connectivity index (χ3n) is 3.91. The Hall–Kier alpha value is -1.97. The van der Waals surface area contributed by atoms with Crippen molar-refractivity contribution in [2.45, 2.75) is 44.8 Å². The van der Waals surface area contributed by atoms with E-state index in [1.807, 2.05) is 30.5 Å². The molecule has 4 nitrogen and oxygen atoms in total. The molecule has 1 aliphatic carbocycles. The lowest BCUT2D eigenvalue weighted by Crippen LogP contribution is -2.41. The van der Waals surface area contributed by atoms with E-state index in [4.69, 9.17) is 4.74 Å². The molecule has 1 saturated carbocycles. The first-order chi connectivity index (χ1) is 9.72. The molecule has 1 atom stereocenters. The predicted molar refractivity (Wildman–Crippen MR) is 78.8 cm³/mol. The minimum absolute atomic E-state index is 0.0222. The highest BCUT2D eigenvalue weighted by molar-refractivity contribution is 5.82. The number of ether oxygens (including phenoxy) is 1. The van der Waals surface area contributed by atoms with Crippen molar-refractivity contribution in [1.29, 1.82) is 0 Å². The zero-order chi connectivity index (χ0) is 13.9. The topological polar surface area (TPSA) is 54.1 Å². The van der Waals surface area contributed by atoms with Crippen LogP contribution in [0, 0.1) is 0 Å². The van der Waals surface area contributed by atoms with Crippen molar-refractivity contribution in [3.63, 3.8) is 0 Å². The summed E-state index contributed by atoms with van der Waals surface area (Å²) >= 11 is 0. The standard InChI is InChI=1S/C16H20N2O2/c1-11(16(19)18-13-4-2-3-5-13)20-14-6-7-15-12(10-14)8-9-17-15/h6-11,13,17H,2-5H2,1H3,(H,18,19). The Morgan fingerprint density at radius 2 is 2.15 bits per heavy atom. The monoisotopic (exact) mass is 272 g/mol. The third-order valence-corrected chi connectivity index (χ3v) is 3.91. The zero-order valence-corrected chi connectivity index (χ0v) is 11.7. The summed E-state index contributed by atoms with van der Waals surface area (Å²) in [6, 6.07) is 8.13. The van der Waals surface area contributed by atoms with E-state index in [9.17, 15) is 4.79 Å². The number of aromatic nitrogens is 1. The van der Waals surface area contributed by atoms with Crippen LogP contribution in [-0.4, -0.2) is 23.0 Å². The lowest BCUT2D eigenvalue weighted by molar-refractivity contribution is -0.127. The summed E-state index contributed by atoms with van der Waals surface area (Å²) in [5, 5.41) is 4.15. The highest BCUT2D eigenvalue weighted by Crippen LogP contribution is 2.21. The minimum Gasteiger partial charge on any atom is -0.481 e. The molecular weight excluding hydrogens is 252 g/mol. The molecule has 1 aromatic heterocycles. The van der Waals surface area contributed by atoms with Crippen LogP contribution < -0.4 is 10.1 Å². The van der Waals surface area contributed by atoms with Gasteiger partial charge in [-0.25, -0.2) is 0 Å². The van der Waals surface area contributed by atoms with E-state index in [2.05, 4.69) is 10.3 Å². The Morgan fingerprint density at radius 3 is 2.95 bits per heavy atom. The summed E-state index contributed by atoms with van der Waals surface area (Å²) in [6.45, 7) is 1.80. The minimum atomic E-state index is -0.466. The molecule has 4 heteroatoms. The zero-order valence-electron chi connectivity index (χ0n) is 11.7. The van der Waals surface area contributed by atoms with Crippen molar-refractivity contribution in [2.75, 3.05) is 0 Å². The first-order valence-corrected chi connectivity index (χ1v) is 7.26. The summed E-state index contributed by atoms with van der Waals surface area (Å²) in [6.07, 6.45) is 6.04. The maximum absolute atomic E-state index is 12.1. The van der Waals surface area contributed by atoms with Gasteiger partial charge in [0.25, 0.3) is 5.91 Å². The maximum Gasteiger partial charge on any atom is 0.260 e. The summed E-state index contributed by atoms with van der Waals surface area (Å²) in [5.41, 5.74) is 1.07. The summed E-state index contributed by atoms with van der Waals surface area (Å²) in [4.78, 5) is 15.2. The van der Waals surface area contributed by atoms with Gasteiger partial charge in [0.05, 0.1) is 0 Å². The molecule has 2 aromatic rings. The Kier molecular flexibility index (Phi) is 3.63. The van der Waals surface area contributed by atoms with Gasteiger partial charge in [0.15, 0.2) is 6.10 Å². The van der Waals surface area contributed by atoms with E-state index in [1.54, 1.807) is 6.92 Å². The second-order valence-electron chi connectivity index (χ2n) is 5.48. The molecule has 0 aliphatic heterocycles. The second kappa shape index (κ2) is 5.57. The lowest BCUT2D eigenvalue weighted by Gasteiger charge is -2.18. The van der Waals surface area contributed by atoms with Crippen molar-refractivity contribution in [1.82, 2.24) is 10.3 Å². The number of amides is 1. The van der Waals surface area contributed by atoms with Crippen LogP contribution in [0.15, 0.2) is 30.5 Å². The van der Waals surface area contributed by atoms with Crippen LogP contribution in [0.1, 0.15) is 32.6 Å². The number of aromatic amines is 1. The van der Waals surface area contributed by atoms with E-state index in [0.717, 1.165) is 29.5 Å². The molecule has 3 rings (SSSR count). The molecule has 1 aromatic carbocycles. The molecule has 0 spiro atoms. The summed E-state index contributed by atoms with van der Waals surface area (Å²) in [7, 11) is 0. The molecular formula is C16H20N2O2. The summed E-state index contributed by atoms with van der Waals surface area (Å²) in [5.74, 6) is 0.706. The smallest absolute Gasteiger partial charge is 0.260 e. The van der Waals surface area contributed by atoms with Gasteiger partial charge in [-0.15, -0.1) is 0 Å². The van der Waals surface area contributed by atoms with Crippen LogP contribution in [0.25, 0.3) is 10.9 Å². The highest BCUT2D eigenvalue weighted by atomic mass is 16.5. The number of H-pyrrole nitrogens is 1. The molecule has 20 heavy (non-hydrogen) atoms. The van der Waals surface area contributed by atoms with Crippen LogP contribution in [0.2, 0.25) is 0 Å². The number of nitrogens with one attached hydrogen (secondary N) is 2. The number of rotatable bonds is 4. The highest BCUT2D eigenvalue weighted by Gasteiger charge is 2.21. The van der Waals surface area contributed by atoms with Crippen molar-refractivity contribution in [3.05, 3.63) is 30.5 Å². The number of fused-ring (bicyclic) bond motifs is 1. The number of carbonyl (C=O) groups is 1. The predicted octanol–water partition coefficient (Wildman–Crippen LogP) is 2.99. The van der Waals surface area contributed by atoms with Gasteiger partial charge in [0.1, 0.15) is 5.75 Å². The largest absolute Gasteiger partial charge is 0.481 e. The van der Waals surface area contributed by atoms with Crippen LogP contribution in [0.4, 0.5) is 0 Å². The maximum atomic E-state index is 12.1. The van der Waals surface area contributed by atoms with Gasteiger partial charge in [-0.1, -0.05) is 12.8 Å².